The summed E-state index contributed by atoms with van der Waals surface area (Å²) in [7, 11) is 0. The van der Waals surface area contributed by atoms with Crippen LogP contribution in [0.4, 0.5) is 0 Å². The number of carbonyl (C=O) groups is 2. The van der Waals surface area contributed by atoms with Crippen LogP contribution in [0.1, 0.15) is 11.1 Å². The second-order valence-electron chi connectivity index (χ2n) is 8.40. The first-order valence-electron chi connectivity index (χ1n) is 11.3. The SMILES string of the molecule is O=C(NC(Cc1ccc(-c2cccc3ccccc23)cc1)C(=O)O)C(CS)Cc1ccccc1. The second-order valence-corrected chi connectivity index (χ2v) is 8.76. The van der Waals surface area contributed by atoms with E-state index in [9.17, 15) is 14.7 Å². The smallest absolute Gasteiger partial charge is 0.326 e. The lowest BCUT2D eigenvalue weighted by Crippen LogP contribution is -2.45. The van der Waals surface area contributed by atoms with E-state index in [0.29, 0.717) is 12.2 Å². The molecule has 4 rings (SSSR count). The Hall–Kier alpha value is -3.57. The molecule has 0 aliphatic heterocycles. The van der Waals surface area contributed by atoms with Crippen molar-refractivity contribution in [3.63, 3.8) is 0 Å². The van der Waals surface area contributed by atoms with Crippen LogP contribution in [0.15, 0.2) is 97.1 Å². The highest BCUT2D eigenvalue weighted by Crippen LogP contribution is 2.28. The molecule has 0 aromatic heterocycles. The van der Waals surface area contributed by atoms with E-state index in [0.717, 1.165) is 22.3 Å². The molecule has 0 bridgehead atoms. The maximum Gasteiger partial charge on any atom is 0.326 e. The van der Waals surface area contributed by atoms with Crippen molar-refractivity contribution in [3.05, 3.63) is 108 Å². The van der Waals surface area contributed by atoms with Gasteiger partial charge in [0.2, 0.25) is 5.91 Å². The fourth-order valence-corrected chi connectivity index (χ4v) is 4.46. The van der Waals surface area contributed by atoms with Gasteiger partial charge >= 0.3 is 5.97 Å². The normalized spacial score (nSPS) is 12.7. The van der Waals surface area contributed by atoms with Gasteiger partial charge in [-0.15, -0.1) is 0 Å². The molecule has 2 atom stereocenters. The lowest BCUT2D eigenvalue weighted by molar-refractivity contribution is -0.142. The monoisotopic (exact) mass is 469 g/mol. The van der Waals surface area contributed by atoms with Crippen molar-refractivity contribution >= 4 is 35.3 Å². The number of amides is 1. The van der Waals surface area contributed by atoms with Crippen LogP contribution in [0.25, 0.3) is 21.9 Å². The van der Waals surface area contributed by atoms with Crippen molar-refractivity contribution in [2.24, 2.45) is 5.92 Å². The van der Waals surface area contributed by atoms with E-state index in [1.54, 1.807) is 0 Å². The molecule has 0 spiro atoms. The molecule has 0 saturated carbocycles. The van der Waals surface area contributed by atoms with Gasteiger partial charge in [-0.1, -0.05) is 97.1 Å². The molecule has 4 nitrogen and oxygen atoms in total. The van der Waals surface area contributed by atoms with Gasteiger partial charge in [-0.05, 0) is 39.4 Å². The molecule has 0 heterocycles. The van der Waals surface area contributed by atoms with E-state index >= 15 is 0 Å². The topological polar surface area (TPSA) is 66.4 Å². The summed E-state index contributed by atoms with van der Waals surface area (Å²) < 4.78 is 0. The molecule has 1 amide bonds. The summed E-state index contributed by atoms with van der Waals surface area (Å²) in [5.74, 6) is -1.41. The largest absolute Gasteiger partial charge is 0.480 e. The third-order valence-electron chi connectivity index (χ3n) is 6.03. The van der Waals surface area contributed by atoms with Crippen molar-refractivity contribution in [2.75, 3.05) is 5.75 Å². The number of carboxylic acid groups (broad SMARTS) is 1. The van der Waals surface area contributed by atoms with Gasteiger partial charge in [0.1, 0.15) is 6.04 Å². The fourth-order valence-electron chi connectivity index (χ4n) is 4.16. The predicted molar refractivity (Wildman–Crippen MR) is 140 cm³/mol. The van der Waals surface area contributed by atoms with Crippen LogP contribution in [-0.2, 0) is 22.4 Å². The van der Waals surface area contributed by atoms with Crippen molar-refractivity contribution in [1.82, 2.24) is 5.32 Å². The van der Waals surface area contributed by atoms with Gasteiger partial charge in [-0.2, -0.15) is 12.6 Å². The maximum atomic E-state index is 12.8. The first-order chi connectivity index (χ1) is 16.5. The minimum atomic E-state index is -1.05. The third kappa shape index (κ3) is 5.67. The third-order valence-corrected chi connectivity index (χ3v) is 6.47. The molecular weight excluding hydrogens is 442 g/mol. The molecule has 34 heavy (non-hydrogen) atoms. The Morgan fingerprint density at radius 2 is 1.41 bits per heavy atom. The van der Waals surface area contributed by atoms with Crippen LogP contribution < -0.4 is 5.32 Å². The molecule has 4 aromatic rings. The molecule has 0 saturated heterocycles. The Balaban J connectivity index is 1.46. The minimum absolute atomic E-state index is 0.210. The average molecular weight is 470 g/mol. The van der Waals surface area contributed by atoms with Crippen molar-refractivity contribution in [3.8, 4) is 11.1 Å². The Bertz CT molecular complexity index is 1270. The first-order valence-corrected chi connectivity index (χ1v) is 11.9. The summed E-state index contributed by atoms with van der Waals surface area (Å²) in [4.78, 5) is 24.7. The molecule has 0 aliphatic rings. The summed E-state index contributed by atoms with van der Waals surface area (Å²) in [5, 5.41) is 14.8. The van der Waals surface area contributed by atoms with Gasteiger partial charge in [0, 0.05) is 12.2 Å². The van der Waals surface area contributed by atoms with Gasteiger partial charge in [0.15, 0.2) is 0 Å². The lowest BCUT2D eigenvalue weighted by Gasteiger charge is -2.19. The lowest BCUT2D eigenvalue weighted by atomic mass is 9.96. The summed E-state index contributed by atoms with van der Waals surface area (Å²) in [5.41, 5.74) is 4.06. The van der Waals surface area contributed by atoms with E-state index in [1.165, 1.54) is 10.8 Å². The summed E-state index contributed by atoms with van der Waals surface area (Å²) in [6.45, 7) is 0. The zero-order chi connectivity index (χ0) is 23.9. The second kappa shape index (κ2) is 11.0. The number of aliphatic carboxylic acids is 1. The van der Waals surface area contributed by atoms with Crippen molar-refractivity contribution < 1.29 is 14.7 Å². The standard InChI is InChI=1S/C29H27NO3S/c31-28(24(19-34)17-20-7-2-1-3-8-20)30-27(29(32)33)18-21-13-15-23(16-14-21)26-12-6-10-22-9-4-5-11-25(22)26/h1-16,24,27,34H,17-19H2,(H,30,31)(H,32,33). The summed E-state index contributed by atoms with van der Waals surface area (Å²) >= 11 is 4.32. The minimum Gasteiger partial charge on any atom is -0.480 e. The van der Waals surface area contributed by atoms with Gasteiger partial charge in [-0.25, -0.2) is 4.79 Å². The quantitative estimate of drug-likeness (QED) is 0.287. The highest BCUT2D eigenvalue weighted by atomic mass is 32.1. The molecule has 0 aliphatic carbocycles. The fraction of sp³-hybridized carbons (Fsp3) is 0.172. The Morgan fingerprint density at radius 1 is 0.765 bits per heavy atom. The van der Waals surface area contributed by atoms with Crippen LogP contribution in [0.3, 0.4) is 0 Å². The number of fused-ring (bicyclic) bond motifs is 1. The number of rotatable bonds is 9. The molecule has 2 N–H and O–H groups in total. The van der Waals surface area contributed by atoms with Crippen LogP contribution in [0.2, 0.25) is 0 Å². The zero-order valence-electron chi connectivity index (χ0n) is 18.7. The van der Waals surface area contributed by atoms with E-state index in [-0.39, 0.29) is 12.3 Å². The average Bonchev–Trinajstić information content (AvgIpc) is 2.87. The molecule has 2 unspecified atom stereocenters. The molecule has 172 valence electrons. The number of hydrogen-bond acceptors (Lipinski definition) is 3. The van der Waals surface area contributed by atoms with E-state index in [1.807, 2.05) is 72.8 Å². The molecule has 4 aromatic carbocycles. The Morgan fingerprint density at radius 3 is 2.12 bits per heavy atom. The molecule has 5 heteroatoms. The molecule has 0 radical (unpaired) electrons. The molecular formula is C29H27NO3S. The van der Waals surface area contributed by atoms with E-state index in [4.69, 9.17) is 0 Å². The number of carboxylic acids is 1. The van der Waals surface area contributed by atoms with Gasteiger partial charge in [0.05, 0.1) is 5.92 Å². The Kier molecular flexibility index (Phi) is 7.65. The van der Waals surface area contributed by atoms with Crippen LogP contribution in [0.5, 0.6) is 0 Å². The zero-order valence-corrected chi connectivity index (χ0v) is 19.6. The van der Waals surface area contributed by atoms with Gasteiger partial charge in [0.25, 0.3) is 0 Å². The van der Waals surface area contributed by atoms with Crippen molar-refractivity contribution in [2.45, 2.75) is 18.9 Å². The number of nitrogens with one attached hydrogen (secondary N) is 1. The van der Waals surface area contributed by atoms with E-state index in [2.05, 4.69) is 42.2 Å². The maximum absolute atomic E-state index is 12.8. The van der Waals surface area contributed by atoms with E-state index < -0.39 is 17.9 Å². The summed E-state index contributed by atoms with van der Waals surface area (Å²) in [6, 6.07) is 31.0. The number of carbonyl (C=O) groups excluding carboxylic acids is 1. The highest BCUT2D eigenvalue weighted by Gasteiger charge is 2.25. The Labute approximate surface area is 205 Å². The first kappa shape index (κ1) is 23.6. The predicted octanol–water partition coefficient (Wildman–Crippen LogP) is 5.41. The van der Waals surface area contributed by atoms with Gasteiger partial charge in [-0.3, -0.25) is 4.79 Å². The highest BCUT2D eigenvalue weighted by molar-refractivity contribution is 7.80. The van der Waals surface area contributed by atoms with Crippen LogP contribution in [-0.4, -0.2) is 28.8 Å². The number of benzene rings is 4. The summed E-state index contributed by atoms with van der Waals surface area (Å²) in [6.07, 6.45) is 0.726. The van der Waals surface area contributed by atoms with Crippen LogP contribution in [0, 0.1) is 5.92 Å². The van der Waals surface area contributed by atoms with Gasteiger partial charge < -0.3 is 10.4 Å². The number of thiol groups is 1. The number of hydrogen-bond donors (Lipinski definition) is 3. The van der Waals surface area contributed by atoms with Crippen LogP contribution >= 0.6 is 12.6 Å². The van der Waals surface area contributed by atoms with Crippen molar-refractivity contribution in [1.29, 1.82) is 0 Å². The molecule has 0 fully saturated rings.